The van der Waals surface area contributed by atoms with Gasteiger partial charge in [-0.15, -0.1) is 0 Å². The van der Waals surface area contributed by atoms with Crippen LogP contribution < -0.4 is 11.1 Å². The van der Waals surface area contributed by atoms with Crippen molar-refractivity contribution < 1.29 is 0 Å². The van der Waals surface area contributed by atoms with E-state index in [4.69, 9.17) is 28.9 Å². The molecule has 0 spiro atoms. The van der Waals surface area contributed by atoms with E-state index < -0.39 is 0 Å². The van der Waals surface area contributed by atoms with Crippen molar-refractivity contribution in [1.29, 1.82) is 0 Å². The number of nitrogens with one attached hydrogen (secondary N) is 1. The highest BCUT2D eigenvalue weighted by atomic mass is 35.5. The second-order valence-electron chi connectivity index (χ2n) is 5.94. The highest BCUT2D eigenvalue weighted by Gasteiger charge is 2.16. The Labute approximate surface area is 141 Å². The first kappa shape index (κ1) is 16.9. The minimum Gasteiger partial charge on any atom is -0.396 e. The molecular formula is C17H21Cl2N3. The lowest BCUT2D eigenvalue weighted by Crippen LogP contribution is -2.06. The van der Waals surface area contributed by atoms with E-state index in [-0.39, 0.29) is 5.15 Å². The fourth-order valence-electron chi connectivity index (χ4n) is 2.39. The number of anilines is 3. The molecule has 5 heteroatoms. The van der Waals surface area contributed by atoms with E-state index in [1.54, 1.807) is 6.07 Å². The molecule has 0 amide bonds. The van der Waals surface area contributed by atoms with Crippen LogP contribution in [0.2, 0.25) is 10.2 Å². The first-order valence-electron chi connectivity index (χ1n) is 7.32. The number of nitrogens with zero attached hydrogens (tertiary/aromatic N) is 1. The first-order valence-corrected chi connectivity index (χ1v) is 8.08. The molecule has 1 heterocycles. The minimum absolute atomic E-state index is 0.242. The van der Waals surface area contributed by atoms with Crippen molar-refractivity contribution in [2.75, 3.05) is 11.1 Å². The molecule has 2 aromatic rings. The van der Waals surface area contributed by atoms with Crippen LogP contribution in [-0.4, -0.2) is 4.98 Å². The van der Waals surface area contributed by atoms with Gasteiger partial charge in [0.25, 0.3) is 0 Å². The molecule has 22 heavy (non-hydrogen) atoms. The summed E-state index contributed by atoms with van der Waals surface area (Å²) in [4.78, 5) is 4.27. The topological polar surface area (TPSA) is 50.9 Å². The van der Waals surface area contributed by atoms with Gasteiger partial charge in [-0.05, 0) is 29.0 Å². The Balaban J connectivity index is 2.55. The van der Waals surface area contributed by atoms with E-state index in [0.29, 0.717) is 28.4 Å². The Morgan fingerprint density at radius 1 is 1.05 bits per heavy atom. The number of benzene rings is 1. The molecule has 0 saturated heterocycles. The summed E-state index contributed by atoms with van der Waals surface area (Å²) in [7, 11) is 0. The summed E-state index contributed by atoms with van der Waals surface area (Å²) in [5.74, 6) is 1.29. The van der Waals surface area contributed by atoms with Gasteiger partial charge in [-0.1, -0.05) is 69.1 Å². The second-order valence-corrected chi connectivity index (χ2v) is 6.71. The minimum atomic E-state index is 0.242. The smallest absolute Gasteiger partial charge is 0.155 e. The Kier molecular flexibility index (Phi) is 5.20. The fourth-order valence-corrected chi connectivity index (χ4v) is 2.69. The standard InChI is InChI=1S/C17H21Cl2N3/c1-9(2)11-6-5-7-12(10(3)4)15(11)21-17-14(20)8-13(18)16(19)22-17/h5-10H,20H2,1-4H3,(H,21,22). The summed E-state index contributed by atoms with van der Waals surface area (Å²) in [6, 6.07) is 7.94. The average molecular weight is 338 g/mol. The molecule has 0 fully saturated rings. The van der Waals surface area contributed by atoms with Crippen molar-refractivity contribution in [3.8, 4) is 0 Å². The Morgan fingerprint density at radius 2 is 1.59 bits per heavy atom. The van der Waals surface area contributed by atoms with E-state index in [9.17, 15) is 0 Å². The number of rotatable bonds is 4. The highest BCUT2D eigenvalue weighted by molar-refractivity contribution is 6.41. The van der Waals surface area contributed by atoms with Gasteiger partial charge in [0, 0.05) is 5.69 Å². The Hall–Kier alpha value is -1.45. The molecule has 2 rings (SSSR count). The normalized spacial score (nSPS) is 11.3. The molecule has 0 unspecified atom stereocenters. The maximum atomic E-state index is 6.02. The van der Waals surface area contributed by atoms with Crippen LogP contribution in [0.1, 0.15) is 50.7 Å². The van der Waals surface area contributed by atoms with Crippen LogP contribution in [0.4, 0.5) is 17.2 Å². The van der Waals surface area contributed by atoms with E-state index >= 15 is 0 Å². The van der Waals surface area contributed by atoms with Gasteiger partial charge in [0.2, 0.25) is 0 Å². The molecule has 0 radical (unpaired) electrons. The van der Waals surface area contributed by atoms with Gasteiger partial charge in [-0.2, -0.15) is 0 Å². The predicted molar refractivity (Wildman–Crippen MR) is 96.6 cm³/mol. The zero-order valence-corrected chi connectivity index (χ0v) is 14.8. The number of nitrogen functional groups attached to an aromatic ring is 1. The fraction of sp³-hybridized carbons (Fsp3) is 0.353. The SMILES string of the molecule is CC(C)c1cccc(C(C)C)c1Nc1nc(Cl)c(Cl)cc1N. The number of hydrogen-bond donors (Lipinski definition) is 2. The quantitative estimate of drug-likeness (QED) is 0.676. The van der Waals surface area contributed by atoms with Crippen molar-refractivity contribution >= 4 is 40.4 Å². The molecule has 1 aromatic carbocycles. The van der Waals surface area contributed by atoms with Gasteiger partial charge < -0.3 is 11.1 Å². The molecule has 0 saturated carbocycles. The van der Waals surface area contributed by atoms with Gasteiger partial charge >= 0.3 is 0 Å². The van der Waals surface area contributed by atoms with Gasteiger partial charge in [0.1, 0.15) is 5.15 Å². The zero-order valence-electron chi connectivity index (χ0n) is 13.2. The number of halogens is 2. The van der Waals surface area contributed by atoms with E-state index in [1.165, 1.54) is 11.1 Å². The molecule has 0 atom stereocenters. The number of nitrogens with two attached hydrogens (primary N) is 1. The number of aromatic nitrogens is 1. The summed E-state index contributed by atoms with van der Waals surface area (Å²) in [6.07, 6.45) is 0. The van der Waals surface area contributed by atoms with Crippen LogP contribution in [0.25, 0.3) is 0 Å². The molecule has 1 aromatic heterocycles. The predicted octanol–water partition coefficient (Wildman–Crippen LogP) is 5.96. The second kappa shape index (κ2) is 6.76. The first-order chi connectivity index (χ1) is 10.3. The van der Waals surface area contributed by atoms with Gasteiger partial charge in [-0.25, -0.2) is 4.98 Å². The van der Waals surface area contributed by atoms with Crippen molar-refractivity contribution in [2.24, 2.45) is 0 Å². The van der Waals surface area contributed by atoms with E-state index in [2.05, 4.69) is 56.2 Å². The van der Waals surface area contributed by atoms with Crippen LogP contribution >= 0.6 is 23.2 Å². The average Bonchev–Trinajstić information content (AvgIpc) is 2.44. The highest BCUT2D eigenvalue weighted by Crippen LogP contribution is 2.36. The number of hydrogen-bond acceptors (Lipinski definition) is 3. The molecule has 118 valence electrons. The van der Waals surface area contributed by atoms with Crippen LogP contribution in [0.5, 0.6) is 0 Å². The molecule has 0 aliphatic rings. The summed E-state index contributed by atoms with van der Waals surface area (Å²) in [5.41, 5.74) is 9.99. The number of para-hydroxylation sites is 1. The maximum absolute atomic E-state index is 6.02. The zero-order chi connectivity index (χ0) is 16.4. The third-order valence-corrected chi connectivity index (χ3v) is 4.25. The molecule has 3 nitrogen and oxygen atoms in total. The molecule has 0 aliphatic heterocycles. The van der Waals surface area contributed by atoms with Crippen molar-refractivity contribution in [3.05, 3.63) is 45.6 Å². The van der Waals surface area contributed by atoms with Crippen molar-refractivity contribution in [2.45, 2.75) is 39.5 Å². The van der Waals surface area contributed by atoms with Crippen LogP contribution in [0.15, 0.2) is 24.3 Å². The molecule has 3 N–H and O–H groups in total. The monoisotopic (exact) mass is 337 g/mol. The summed E-state index contributed by atoms with van der Waals surface area (Å²) in [5, 5.41) is 3.96. The molecule has 0 bridgehead atoms. The van der Waals surface area contributed by atoms with Crippen LogP contribution in [-0.2, 0) is 0 Å². The summed E-state index contributed by atoms with van der Waals surface area (Å²) >= 11 is 12.0. The maximum Gasteiger partial charge on any atom is 0.155 e. The van der Waals surface area contributed by atoms with Crippen molar-refractivity contribution in [3.63, 3.8) is 0 Å². The third kappa shape index (κ3) is 3.47. The third-order valence-electron chi connectivity index (χ3n) is 3.58. The van der Waals surface area contributed by atoms with Crippen LogP contribution in [0.3, 0.4) is 0 Å². The number of pyridine rings is 1. The lowest BCUT2D eigenvalue weighted by Gasteiger charge is -2.21. The largest absolute Gasteiger partial charge is 0.396 e. The van der Waals surface area contributed by atoms with Crippen molar-refractivity contribution in [1.82, 2.24) is 4.98 Å². The van der Waals surface area contributed by atoms with Gasteiger partial charge in [-0.3, -0.25) is 0 Å². The Bertz CT molecular complexity index is 656. The lowest BCUT2D eigenvalue weighted by molar-refractivity contribution is 0.838. The lowest BCUT2D eigenvalue weighted by atomic mass is 9.92. The van der Waals surface area contributed by atoms with Crippen LogP contribution in [0, 0.1) is 0 Å². The summed E-state index contributed by atoms with van der Waals surface area (Å²) in [6.45, 7) is 8.65. The van der Waals surface area contributed by atoms with E-state index in [1.807, 2.05) is 0 Å². The van der Waals surface area contributed by atoms with E-state index in [0.717, 1.165) is 5.69 Å². The summed E-state index contributed by atoms with van der Waals surface area (Å²) < 4.78 is 0. The van der Waals surface area contributed by atoms with Gasteiger partial charge in [0.15, 0.2) is 5.82 Å². The van der Waals surface area contributed by atoms with Gasteiger partial charge in [0.05, 0.1) is 10.7 Å². The Morgan fingerprint density at radius 3 is 2.09 bits per heavy atom. The molecular weight excluding hydrogens is 317 g/mol. The molecule has 0 aliphatic carbocycles.